The minimum Gasteiger partial charge on any atom is -0.496 e. The molecule has 0 saturated carbocycles. The van der Waals surface area contributed by atoms with Crippen LogP contribution in [0.1, 0.15) is 41.4 Å². The van der Waals surface area contributed by atoms with Gasteiger partial charge in [0.25, 0.3) is 5.56 Å². The normalized spacial score (nSPS) is 15.5. The number of thiazole rings is 1. The molecule has 0 radical (unpaired) electrons. The maximum absolute atomic E-state index is 13.6. The van der Waals surface area contributed by atoms with Gasteiger partial charge in [-0.1, -0.05) is 41.7 Å². The average Bonchev–Trinajstić information content (AvgIpc) is 3.13. The molecule has 1 aliphatic rings. The van der Waals surface area contributed by atoms with Crippen molar-refractivity contribution in [3.8, 4) is 5.75 Å². The third-order valence-electron chi connectivity index (χ3n) is 5.41. The van der Waals surface area contributed by atoms with Gasteiger partial charge in [-0.15, -0.1) is 0 Å². The lowest BCUT2D eigenvalue weighted by atomic mass is 9.95. The Bertz CT molecular complexity index is 1480. The van der Waals surface area contributed by atoms with E-state index in [0.29, 0.717) is 31.9 Å². The topological polar surface area (TPSA) is 107 Å². The minimum absolute atomic E-state index is 0.157. The minimum atomic E-state index is -1.02. The number of fused-ring (bicyclic) bond motifs is 1. The largest absolute Gasteiger partial charge is 0.496 e. The SMILES string of the molecule is CCOC(=O)C1=C(C)N=c2s/c(=C\c3ccc(C(=O)O)cc3)c(=O)n2[C@H]1c1ccccc1OC. The Labute approximate surface area is 198 Å². The van der Waals surface area contributed by atoms with Crippen molar-refractivity contribution < 1.29 is 24.2 Å². The van der Waals surface area contributed by atoms with Crippen LogP contribution in [0.3, 0.4) is 0 Å². The van der Waals surface area contributed by atoms with Crippen molar-refractivity contribution in [3.63, 3.8) is 0 Å². The molecule has 3 aromatic rings. The predicted octanol–water partition coefficient (Wildman–Crippen LogP) is 2.51. The van der Waals surface area contributed by atoms with Gasteiger partial charge in [0.05, 0.1) is 35.1 Å². The van der Waals surface area contributed by atoms with Crippen molar-refractivity contribution in [3.05, 3.63) is 96.2 Å². The number of carbonyl (C=O) groups excluding carboxylic acids is 1. The monoisotopic (exact) mass is 478 g/mol. The first-order chi connectivity index (χ1) is 16.3. The van der Waals surface area contributed by atoms with E-state index in [1.807, 2.05) is 18.2 Å². The van der Waals surface area contributed by atoms with Crippen LogP contribution in [0.25, 0.3) is 6.08 Å². The van der Waals surface area contributed by atoms with Gasteiger partial charge in [0.15, 0.2) is 4.80 Å². The predicted molar refractivity (Wildman–Crippen MR) is 127 cm³/mol. The smallest absolute Gasteiger partial charge is 0.338 e. The fraction of sp³-hybridized carbons (Fsp3) is 0.200. The van der Waals surface area contributed by atoms with Crippen LogP contribution in [0, 0.1) is 0 Å². The first-order valence-electron chi connectivity index (χ1n) is 10.5. The van der Waals surface area contributed by atoms with Gasteiger partial charge in [0, 0.05) is 5.56 Å². The highest BCUT2D eigenvalue weighted by Gasteiger charge is 2.34. The van der Waals surface area contributed by atoms with Gasteiger partial charge in [-0.25, -0.2) is 14.6 Å². The molecule has 174 valence electrons. The zero-order chi connectivity index (χ0) is 24.4. The third-order valence-corrected chi connectivity index (χ3v) is 6.39. The summed E-state index contributed by atoms with van der Waals surface area (Å²) in [6.07, 6.45) is 1.68. The van der Waals surface area contributed by atoms with E-state index in [2.05, 4.69) is 4.99 Å². The number of nitrogens with zero attached hydrogens (tertiary/aromatic N) is 2. The number of aromatic nitrogens is 1. The van der Waals surface area contributed by atoms with Gasteiger partial charge in [-0.05, 0) is 43.7 Å². The van der Waals surface area contributed by atoms with Crippen LogP contribution in [0.5, 0.6) is 5.75 Å². The van der Waals surface area contributed by atoms with E-state index in [0.717, 1.165) is 0 Å². The molecule has 1 aromatic heterocycles. The lowest BCUT2D eigenvalue weighted by molar-refractivity contribution is -0.139. The van der Waals surface area contributed by atoms with Gasteiger partial charge in [-0.2, -0.15) is 0 Å². The summed E-state index contributed by atoms with van der Waals surface area (Å²) in [6.45, 7) is 3.62. The van der Waals surface area contributed by atoms with E-state index in [1.165, 1.54) is 35.1 Å². The molecule has 0 saturated heterocycles. The van der Waals surface area contributed by atoms with Gasteiger partial charge >= 0.3 is 11.9 Å². The summed E-state index contributed by atoms with van der Waals surface area (Å²) in [4.78, 5) is 42.6. The average molecular weight is 479 g/mol. The number of carbonyl (C=O) groups is 2. The molecule has 0 aliphatic carbocycles. The molecular weight excluding hydrogens is 456 g/mol. The van der Waals surface area contributed by atoms with Crippen molar-refractivity contribution in [2.75, 3.05) is 13.7 Å². The first kappa shape index (κ1) is 23.2. The second-order valence-electron chi connectivity index (χ2n) is 7.47. The van der Waals surface area contributed by atoms with Crippen molar-refractivity contribution in [1.29, 1.82) is 0 Å². The third kappa shape index (κ3) is 4.17. The number of carboxylic acid groups (broad SMARTS) is 1. The van der Waals surface area contributed by atoms with Crippen LogP contribution < -0.4 is 19.6 Å². The first-order valence-corrected chi connectivity index (χ1v) is 11.3. The summed E-state index contributed by atoms with van der Waals surface area (Å²) in [5.41, 5.74) is 1.89. The number of aromatic carboxylic acids is 1. The van der Waals surface area contributed by atoms with Gasteiger partial charge in [-0.3, -0.25) is 9.36 Å². The Morgan fingerprint density at radius 3 is 2.53 bits per heavy atom. The maximum Gasteiger partial charge on any atom is 0.338 e. The molecule has 34 heavy (non-hydrogen) atoms. The second-order valence-corrected chi connectivity index (χ2v) is 8.48. The number of hydrogen-bond acceptors (Lipinski definition) is 7. The molecule has 0 bridgehead atoms. The van der Waals surface area contributed by atoms with Crippen LogP contribution in [-0.2, 0) is 9.53 Å². The molecule has 1 N–H and O–H groups in total. The molecule has 2 aromatic carbocycles. The molecule has 0 fully saturated rings. The molecule has 4 rings (SSSR count). The van der Waals surface area contributed by atoms with Crippen molar-refractivity contribution in [2.24, 2.45) is 4.99 Å². The van der Waals surface area contributed by atoms with Crippen LogP contribution in [0.2, 0.25) is 0 Å². The molecular formula is C25H22N2O6S. The molecule has 0 unspecified atom stereocenters. The Morgan fingerprint density at radius 1 is 1.18 bits per heavy atom. The maximum atomic E-state index is 13.6. The Hall–Kier alpha value is -3.98. The highest BCUT2D eigenvalue weighted by molar-refractivity contribution is 7.07. The van der Waals surface area contributed by atoms with E-state index in [9.17, 15) is 14.4 Å². The fourth-order valence-electron chi connectivity index (χ4n) is 3.85. The number of rotatable bonds is 6. The van der Waals surface area contributed by atoms with Crippen LogP contribution >= 0.6 is 11.3 Å². The summed E-state index contributed by atoms with van der Waals surface area (Å²) in [7, 11) is 1.53. The number of esters is 1. The number of ether oxygens (including phenoxy) is 2. The van der Waals surface area contributed by atoms with E-state index >= 15 is 0 Å². The number of para-hydroxylation sites is 1. The zero-order valence-electron chi connectivity index (χ0n) is 18.8. The fourth-order valence-corrected chi connectivity index (χ4v) is 4.90. The van der Waals surface area contributed by atoms with E-state index in [4.69, 9.17) is 14.6 Å². The molecule has 0 amide bonds. The molecule has 1 aliphatic heterocycles. The van der Waals surface area contributed by atoms with Gasteiger partial charge in [0.1, 0.15) is 11.8 Å². The molecule has 1 atom stereocenters. The van der Waals surface area contributed by atoms with Crippen molar-refractivity contribution in [1.82, 2.24) is 4.57 Å². The Morgan fingerprint density at radius 2 is 1.88 bits per heavy atom. The molecule has 2 heterocycles. The second kappa shape index (κ2) is 9.48. The lowest BCUT2D eigenvalue weighted by Crippen LogP contribution is -2.40. The number of methoxy groups -OCH3 is 1. The summed E-state index contributed by atoms with van der Waals surface area (Å²) >= 11 is 1.19. The van der Waals surface area contributed by atoms with Crippen molar-refractivity contribution >= 4 is 29.4 Å². The lowest BCUT2D eigenvalue weighted by Gasteiger charge is -2.25. The molecule has 0 spiro atoms. The van der Waals surface area contributed by atoms with Gasteiger partial charge < -0.3 is 14.6 Å². The number of benzene rings is 2. The quantitative estimate of drug-likeness (QED) is 0.546. The number of allylic oxidation sites excluding steroid dienone is 1. The molecule has 9 heteroatoms. The summed E-state index contributed by atoms with van der Waals surface area (Å²) < 4.78 is 12.7. The number of hydrogen-bond donors (Lipinski definition) is 1. The zero-order valence-corrected chi connectivity index (χ0v) is 19.6. The summed E-state index contributed by atoms with van der Waals surface area (Å²) in [6, 6.07) is 12.7. The van der Waals surface area contributed by atoms with Crippen molar-refractivity contribution in [2.45, 2.75) is 19.9 Å². The Balaban J connectivity index is 1.94. The summed E-state index contributed by atoms with van der Waals surface area (Å²) in [5, 5.41) is 9.11. The van der Waals surface area contributed by atoms with E-state index in [1.54, 1.807) is 38.1 Å². The van der Waals surface area contributed by atoms with Crippen LogP contribution in [0.15, 0.2) is 69.6 Å². The Kier molecular flexibility index (Phi) is 6.47. The molecule has 8 nitrogen and oxygen atoms in total. The summed E-state index contributed by atoms with van der Waals surface area (Å²) in [5.74, 6) is -1.04. The number of carboxylic acids is 1. The van der Waals surface area contributed by atoms with E-state index < -0.39 is 18.0 Å². The highest BCUT2D eigenvalue weighted by Crippen LogP contribution is 2.35. The standard InChI is InChI=1S/C25H22N2O6S/c1-4-33-24(31)20-14(2)26-25-27(21(20)17-7-5-6-8-18(17)32-3)22(28)19(34-25)13-15-9-11-16(12-10-15)23(29)30/h5-13,21H,4H2,1-3H3,(H,29,30)/b19-13-/t21-/m0/s1. The van der Waals surface area contributed by atoms with Crippen LogP contribution in [-0.4, -0.2) is 35.3 Å². The highest BCUT2D eigenvalue weighted by atomic mass is 32.1. The van der Waals surface area contributed by atoms with Gasteiger partial charge in [0.2, 0.25) is 0 Å². The van der Waals surface area contributed by atoms with E-state index in [-0.39, 0.29) is 23.3 Å². The van der Waals surface area contributed by atoms with Crippen LogP contribution in [0.4, 0.5) is 0 Å².